The molecule has 0 radical (unpaired) electrons. The Hall–Kier alpha value is -2.18. The number of aromatic nitrogens is 1. The lowest BCUT2D eigenvalue weighted by atomic mass is 10.1. The highest BCUT2D eigenvalue weighted by molar-refractivity contribution is 5.99. The average molecular weight is 301 g/mol. The first-order valence-corrected chi connectivity index (χ1v) is 7.43. The molecular weight excluding hydrogens is 282 g/mol. The standard InChI is InChI=1S/C16H19N3O3/c20-16(17-6-7-19-8-10-21-11-9-19)14-12-18-22-15(14)13-4-2-1-3-5-13/h1-5,12H,6-11H2,(H,17,20). The number of nitrogens with zero attached hydrogens (tertiary/aromatic N) is 2. The van der Waals surface area contributed by atoms with E-state index in [4.69, 9.17) is 9.26 Å². The number of hydrogen-bond donors (Lipinski definition) is 1. The highest BCUT2D eigenvalue weighted by atomic mass is 16.5. The van der Waals surface area contributed by atoms with Gasteiger partial charge in [-0.25, -0.2) is 0 Å². The summed E-state index contributed by atoms with van der Waals surface area (Å²) in [5.74, 6) is 0.345. The van der Waals surface area contributed by atoms with E-state index in [2.05, 4.69) is 15.4 Å². The Kier molecular flexibility index (Phi) is 4.82. The maximum atomic E-state index is 12.3. The Morgan fingerprint density at radius 2 is 2.00 bits per heavy atom. The summed E-state index contributed by atoms with van der Waals surface area (Å²) in [6.45, 7) is 4.77. The minimum Gasteiger partial charge on any atom is -0.379 e. The number of carbonyl (C=O) groups excluding carboxylic acids is 1. The Morgan fingerprint density at radius 3 is 2.77 bits per heavy atom. The monoisotopic (exact) mass is 301 g/mol. The van der Waals surface area contributed by atoms with Crippen LogP contribution in [-0.4, -0.2) is 55.4 Å². The van der Waals surface area contributed by atoms with Gasteiger partial charge in [0.25, 0.3) is 5.91 Å². The fraction of sp³-hybridized carbons (Fsp3) is 0.375. The van der Waals surface area contributed by atoms with Crippen molar-refractivity contribution in [1.29, 1.82) is 0 Å². The van der Waals surface area contributed by atoms with Gasteiger partial charge in [0.15, 0.2) is 5.76 Å². The van der Waals surface area contributed by atoms with Gasteiger partial charge >= 0.3 is 0 Å². The molecule has 0 aliphatic carbocycles. The summed E-state index contributed by atoms with van der Waals surface area (Å²) in [7, 11) is 0. The van der Waals surface area contributed by atoms with Crippen molar-refractivity contribution in [2.75, 3.05) is 39.4 Å². The van der Waals surface area contributed by atoms with E-state index in [0.29, 0.717) is 17.9 Å². The second-order valence-corrected chi connectivity index (χ2v) is 5.14. The zero-order chi connectivity index (χ0) is 15.2. The van der Waals surface area contributed by atoms with E-state index >= 15 is 0 Å². The first-order chi connectivity index (χ1) is 10.8. The number of carbonyl (C=O) groups is 1. The maximum absolute atomic E-state index is 12.3. The molecule has 0 unspecified atom stereocenters. The van der Waals surface area contributed by atoms with Crippen LogP contribution in [0.3, 0.4) is 0 Å². The number of ether oxygens (including phenoxy) is 1. The summed E-state index contributed by atoms with van der Waals surface area (Å²) in [5, 5.41) is 6.68. The molecule has 0 spiro atoms. The highest BCUT2D eigenvalue weighted by Crippen LogP contribution is 2.22. The third-order valence-corrected chi connectivity index (χ3v) is 3.67. The van der Waals surface area contributed by atoms with Crippen molar-refractivity contribution in [3.05, 3.63) is 42.1 Å². The van der Waals surface area contributed by atoms with E-state index < -0.39 is 0 Å². The van der Waals surface area contributed by atoms with E-state index in [1.165, 1.54) is 6.20 Å². The molecule has 1 aromatic carbocycles. The van der Waals surface area contributed by atoms with Gasteiger partial charge in [0, 0.05) is 31.7 Å². The normalized spacial score (nSPS) is 15.6. The molecule has 0 saturated carbocycles. The van der Waals surface area contributed by atoms with E-state index in [1.807, 2.05) is 30.3 Å². The number of rotatable bonds is 5. The fourth-order valence-electron chi connectivity index (χ4n) is 2.45. The van der Waals surface area contributed by atoms with Crippen LogP contribution in [0.15, 0.2) is 41.1 Å². The fourth-order valence-corrected chi connectivity index (χ4v) is 2.45. The molecule has 1 saturated heterocycles. The molecule has 116 valence electrons. The van der Waals surface area contributed by atoms with Gasteiger partial charge in [-0.1, -0.05) is 35.5 Å². The van der Waals surface area contributed by atoms with Crippen LogP contribution in [0.25, 0.3) is 11.3 Å². The number of nitrogens with one attached hydrogen (secondary N) is 1. The Bertz CT molecular complexity index is 606. The van der Waals surface area contributed by atoms with Crippen molar-refractivity contribution in [1.82, 2.24) is 15.4 Å². The largest absolute Gasteiger partial charge is 0.379 e. The molecule has 0 atom stereocenters. The van der Waals surface area contributed by atoms with Crippen LogP contribution in [0, 0.1) is 0 Å². The Morgan fingerprint density at radius 1 is 1.23 bits per heavy atom. The molecule has 6 nitrogen and oxygen atoms in total. The van der Waals surface area contributed by atoms with Crippen LogP contribution in [0.4, 0.5) is 0 Å². The third-order valence-electron chi connectivity index (χ3n) is 3.67. The minimum absolute atomic E-state index is 0.159. The summed E-state index contributed by atoms with van der Waals surface area (Å²) in [6.07, 6.45) is 1.46. The van der Waals surface area contributed by atoms with Crippen LogP contribution in [0.2, 0.25) is 0 Å². The molecule has 1 aliphatic rings. The van der Waals surface area contributed by atoms with Gasteiger partial charge in [-0.15, -0.1) is 0 Å². The van der Waals surface area contributed by atoms with E-state index in [-0.39, 0.29) is 5.91 Å². The SMILES string of the molecule is O=C(NCCN1CCOCC1)c1cnoc1-c1ccccc1. The highest BCUT2D eigenvalue weighted by Gasteiger charge is 2.18. The second-order valence-electron chi connectivity index (χ2n) is 5.14. The molecule has 1 aromatic heterocycles. The topological polar surface area (TPSA) is 67.6 Å². The number of morpholine rings is 1. The quantitative estimate of drug-likeness (QED) is 0.904. The van der Waals surface area contributed by atoms with Crippen LogP contribution in [-0.2, 0) is 4.74 Å². The Labute approximate surface area is 129 Å². The van der Waals surface area contributed by atoms with Crippen LogP contribution in [0.1, 0.15) is 10.4 Å². The lowest BCUT2D eigenvalue weighted by molar-refractivity contribution is 0.0383. The summed E-state index contributed by atoms with van der Waals surface area (Å²) < 4.78 is 10.5. The molecule has 3 rings (SSSR count). The molecule has 6 heteroatoms. The molecule has 1 fully saturated rings. The predicted octanol–water partition coefficient (Wildman–Crippen LogP) is 1.40. The second kappa shape index (κ2) is 7.20. The molecular formula is C16H19N3O3. The van der Waals surface area contributed by atoms with Gasteiger partial charge in [-0.3, -0.25) is 9.69 Å². The lowest BCUT2D eigenvalue weighted by Crippen LogP contribution is -2.41. The zero-order valence-electron chi connectivity index (χ0n) is 12.3. The predicted molar refractivity (Wildman–Crippen MR) is 81.5 cm³/mol. The van der Waals surface area contributed by atoms with Gasteiger partial charge in [-0.05, 0) is 0 Å². The molecule has 1 amide bonds. The van der Waals surface area contributed by atoms with Crippen LogP contribution in [0.5, 0.6) is 0 Å². The maximum Gasteiger partial charge on any atom is 0.256 e. The van der Waals surface area contributed by atoms with E-state index in [9.17, 15) is 4.79 Å². The van der Waals surface area contributed by atoms with Crippen molar-refractivity contribution in [2.45, 2.75) is 0 Å². The van der Waals surface area contributed by atoms with Crippen molar-refractivity contribution in [3.63, 3.8) is 0 Å². The number of amides is 1. The summed E-state index contributed by atoms with van der Waals surface area (Å²) in [5.41, 5.74) is 1.31. The molecule has 0 bridgehead atoms. The molecule has 2 aromatic rings. The molecule has 22 heavy (non-hydrogen) atoms. The Balaban J connectivity index is 1.58. The minimum atomic E-state index is -0.159. The number of hydrogen-bond acceptors (Lipinski definition) is 5. The first-order valence-electron chi connectivity index (χ1n) is 7.43. The van der Waals surface area contributed by atoms with Crippen molar-refractivity contribution >= 4 is 5.91 Å². The van der Waals surface area contributed by atoms with Crippen LogP contribution >= 0.6 is 0 Å². The smallest absolute Gasteiger partial charge is 0.256 e. The lowest BCUT2D eigenvalue weighted by Gasteiger charge is -2.26. The third kappa shape index (κ3) is 3.52. The van der Waals surface area contributed by atoms with E-state index in [0.717, 1.165) is 38.4 Å². The van der Waals surface area contributed by atoms with Crippen LogP contribution < -0.4 is 5.32 Å². The average Bonchev–Trinajstić information content (AvgIpc) is 3.06. The summed E-state index contributed by atoms with van der Waals surface area (Å²) in [4.78, 5) is 14.6. The van der Waals surface area contributed by atoms with E-state index in [1.54, 1.807) is 0 Å². The van der Waals surface area contributed by atoms with Crippen molar-refractivity contribution in [2.24, 2.45) is 0 Å². The van der Waals surface area contributed by atoms with Gasteiger partial charge in [0.05, 0.1) is 19.4 Å². The zero-order valence-corrected chi connectivity index (χ0v) is 12.3. The summed E-state index contributed by atoms with van der Waals surface area (Å²) >= 11 is 0. The molecule has 2 heterocycles. The molecule has 1 aliphatic heterocycles. The van der Waals surface area contributed by atoms with Gasteiger partial charge in [0.1, 0.15) is 5.56 Å². The van der Waals surface area contributed by atoms with Gasteiger partial charge in [0.2, 0.25) is 0 Å². The van der Waals surface area contributed by atoms with Crippen molar-refractivity contribution < 1.29 is 14.1 Å². The summed E-state index contributed by atoms with van der Waals surface area (Å²) in [6, 6.07) is 9.51. The van der Waals surface area contributed by atoms with Crippen molar-refractivity contribution in [3.8, 4) is 11.3 Å². The first kappa shape index (κ1) is 14.7. The van der Waals surface area contributed by atoms with Gasteiger partial charge < -0.3 is 14.6 Å². The number of benzene rings is 1. The molecule has 1 N–H and O–H groups in total. The van der Waals surface area contributed by atoms with Gasteiger partial charge in [-0.2, -0.15) is 0 Å².